The normalized spacial score (nSPS) is 15.9. The Hall–Kier alpha value is -2.29. The van der Waals surface area contributed by atoms with Crippen molar-refractivity contribution in [3.63, 3.8) is 0 Å². The van der Waals surface area contributed by atoms with E-state index in [0.29, 0.717) is 11.5 Å². The van der Waals surface area contributed by atoms with Crippen molar-refractivity contribution >= 4 is 23.5 Å². The zero-order chi connectivity index (χ0) is 15.7. The number of primary amides is 1. The lowest BCUT2D eigenvalue weighted by Crippen LogP contribution is -2.23. The number of carbonyl (C=O) groups is 1. The highest BCUT2D eigenvalue weighted by Gasteiger charge is 2.25. The van der Waals surface area contributed by atoms with Crippen LogP contribution in [0, 0.1) is 24.1 Å². The van der Waals surface area contributed by atoms with Gasteiger partial charge in [-0.25, -0.2) is 5.26 Å². The quantitative estimate of drug-likeness (QED) is 0.882. The highest BCUT2D eigenvalue weighted by Crippen LogP contribution is 2.28. The fourth-order valence-corrected chi connectivity index (χ4v) is 3.35. The molecule has 0 aliphatic carbocycles. The molecule has 1 fully saturated rings. The molecule has 0 saturated carbocycles. The molecule has 1 aromatic heterocycles. The van der Waals surface area contributed by atoms with Crippen LogP contribution in [-0.4, -0.2) is 22.4 Å². The van der Waals surface area contributed by atoms with Crippen LogP contribution in [0.3, 0.4) is 0 Å². The molecule has 1 saturated heterocycles. The zero-order valence-electron chi connectivity index (χ0n) is 12.7. The minimum atomic E-state index is -0.415. The Morgan fingerprint density at radius 3 is 2.86 bits per heavy atom. The molecule has 112 valence electrons. The summed E-state index contributed by atoms with van der Waals surface area (Å²) < 4.78 is 1.99. The van der Waals surface area contributed by atoms with E-state index in [2.05, 4.69) is 11.1 Å². The Balaban J connectivity index is 1.86. The van der Waals surface area contributed by atoms with Crippen LogP contribution >= 0.6 is 0 Å². The molecule has 1 aliphatic heterocycles. The summed E-state index contributed by atoms with van der Waals surface area (Å²) in [4.78, 5) is 11.4. The number of hydrogen-bond acceptors (Lipinski definition) is 3. The van der Waals surface area contributed by atoms with E-state index in [0.717, 1.165) is 48.6 Å². The predicted molar refractivity (Wildman–Crippen MR) is 86.7 cm³/mol. The number of nitrogens with zero attached hydrogens (tertiary/aromatic N) is 3. The lowest BCUT2D eigenvalue weighted by molar-refractivity contribution is 0.100. The van der Waals surface area contributed by atoms with Gasteiger partial charge in [0, 0.05) is 23.5 Å². The number of benzene rings is 1. The van der Waals surface area contributed by atoms with Crippen molar-refractivity contribution < 1.29 is 4.79 Å². The number of fused-ring (bicyclic) bond motifs is 1. The second kappa shape index (κ2) is 5.84. The number of nitriles is 1. The van der Waals surface area contributed by atoms with E-state index in [4.69, 9.17) is 11.0 Å². The third kappa shape index (κ3) is 2.71. The smallest absolute Gasteiger partial charge is 0.267 e. The maximum absolute atomic E-state index is 11.4. The van der Waals surface area contributed by atoms with Crippen molar-refractivity contribution in [3.8, 4) is 5.97 Å². The van der Waals surface area contributed by atoms with Gasteiger partial charge in [-0.05, 0) is 25.0 Å². The molecule has 0 atom stereocenters. The van der Waals surface area contributed by atoms with Crippen LogP contribution in [-0.2, 0) is 6.54 Å². The Bertz CT molecular complexity index is 753. The van der Waals surface area contributed by atoms with E-state index < -0.39 is 5.91 Å². The van der Waals surface area contributed by atoms with Gasteiger partial charge in [0.15, 0.2) is 0 Å². The molecule has 5 nitrogen and oxygen atoms in total. The second-order valence-corrected chi connectivity index (χ2v) is 6.21. The summed E-state index contributed by atoms with van der Waals surface area (Å²) in [6.07, 6.45) is 4.08. The first-order chi connectivity index (χ1) is 10.6. The molecule has 22 heavy (non-hydrogen) atoms. The van der Waals surface area contributed by atoms with Crippen molar-refractivity contribution in [3.05, 3.63) is 29.5 Å². The molecule has 1 aromatic carbocycles. The standard InChI is InChI=1S/C16H19BN4O/c1-11-14-3-2-13(16(19)22)8-15(14)21(20-11)9-12-4-6-17(10-18)7-5-12/h2-3,8,12H,4-7,9H2,1H3,(H2,19,22). The summed E-state index contributed by atoms with van der Waals surface area (Å²) in [7, 11) is 0. The molecular formula is C16H19BN4O. The van der Waals surface area contributed by atoms with Crippen LogP contribution in [0.5, 0.6) is 0 Å². The summed E-state index contributed by atoms with van der Waals surface area (Å²) >= 11 is 0. The number of hydrogen-bond donors (Lipinski definition) is 1. The highest BCUT2D eigenvalue weighted by molar-refractivity contribution is 6.67. The van der Waals surface area contributed by atoms with Crippen LogP contribution in [0.15, 0.2) is 18.2 Å². The number of amides is 1. The molecule has 3 rings (SSSR count). The Labute approximate surface area is 130 Å². The van der Waals surface area contributed by atoms with E-state index in [9.17, 15) is 4.79 Å². The molecular weight excluding hydrogens is 275 g/mol. The molecule has 2 heterocycles. The van der Waals surface area contributed by atoms with Crippen molar-refractivity contribution in [1.29, 1.82) is 5.26 Å². The van der Waals surface area contributed by atoms with E-state index in [-0.39, 0.29) is 6.71 Å². The fourth-order valence-electron chi connectivity index (χ4n) is 3.35. The monoisotopic (exact) mass is 294 g/mol. The van der Waals surface area contributed by atoms with Gasteiger partial charge in [0.05, 0.1) is 11.2 Å². The lowest BCUT2D eigenvalue weighted by Gasteiger charge is -2.23. The minimum Gasteiger partial charge on any atom is -0.366 e. The Morgan fingerprint density at radius 1 is 1.50 bits per heavy atom. The first-order valence-corrected chi connectivity index (χ1v) is 7.75. The number of aromatic nitrogens is 2. The maximum atomic E-state index is 11.4. The third-order valence-electron chi connectivity index (χ3n) is 4.68. The molecule has 0 radical (unpaired) electrons. The molecule has 1 aliphatic rings. The van der Waals surface area contributed by atoms with Crippen molar-refractivity contribution in [2.45, 2.75) is 39.0 Å². The average molecular weight is 294 g/mol. The summed E-state index contributed by atoms with van der Waals surface area (Å²) in [5.41, 5.74) is 7.83. The predicted octanol–water partition coefficient (Wildman–Crippen LogP) is 2.41. The van der Waals surface area contributed by atoms with Crippen LogP contribution < -0.4 is 5.73 Å². The van der Waals surface area contributed by atoms with Gasteiger partial charge >= 0.3 is 0 Å². The van der Waals surface area contributed by atoms with Crippen LogP contribution in [0.2, 0.25) is 12.6 Å². The van der Waals surface area contributed by atoms with E-state index in [1.807, 2.05) is 23.7 Å². The lowest BCUT2D eigenvalue weighted by atomic mass is 9.42. The molecule has 2 aromatic rings. The van der Waals surface area contributed by atoms with E-state index >= 15 is 0 Å². The maximum Gasteiger partial charge on any atom is 0.267 e. The van der Waals surface area contributed by atoms with Gasteiger partial charge < -0.3 is 5.73 Å². The van der Waals surface area contributed by atoms with Gasteiger partial charge in [0.1, 0.15) is 0 Å². The number of nitrogens with two attached hydrogens (primary N) is 1. The van der Waals surface area contributed by atoms with Gasteiger partial charge in [0.25, 0.3) is 6.71 Å². The van der Waals surface area contributed by atoms with Crippen molar-refractivity contribution in [2.24, 2.45) is 11.7 Å². The molecule has 1 amide bonds. The first kappa shape index (κ1) is 14.6. The molecule has 0 unspecified atom stereocenters. The average Bonchev–Trinajstić information content (AvgIpc) is 2.84. The van der Waals surface area contributed by atoms with E-state index in [1.54, 1.807) is 6.07 Å². The van der Waals surface area contributed by atoms with Crippen LogP contribution in [0.1, 0.15) is 28.9 Å². The Kier molecular flexibility index (Phi) is 3.89. The third-order valence-corrected chi connectivity index (χ3v) is 4.68. The summed E-state index contributed by atoms with van der Waals surface area (Å²) in [5.74, 6) is 2.50. The second-order valence-electron chi connectivity index (χ2n) is 6.21. The van der Waals surface area contributed by atoms with Gasteiger partial charge in [-0.1, -0.05) is 31.5 Å². The van der Waals surface area contributed by atoms with Gasteiger partial charge in [-0.3, -0.25) is 9.48 Å². The summed E-state index contributed by atoms with van der Waals surface area (Å²) in [6.45, 7) is 3.04. The van der Waals surface area contributed by atoms with Gasteiger partial charge in [-0.15, -0.1) is 0 Å². The topological polar surface area (TPSA) is 84.7 Å². The molecule has 0 spiro atoms. The molecule has 0 bridgehead atoms. The van der Waals surface area contributed by atoms with E-state index in [1.165, 1.54) is 0 Å². The van der Waals surface area contributed by atoms with Crippen LogP contribution in [0.25, 0.3) is 10.9 Å². The number of aryl methyl sites for hydroxylation is 1. The van der Waals surface area contributed by atoms with Crippen LogP contribution in [0.4, 0.5) is 0 Å². The number of rotatable bonds is 3. The van der Waals surface area contributed by atoms with Crippen molar-refractivity contribution in [2.75, 3.05) is 0 Å². The number of carbonyl (C=O) groups excluding carboxylic acids is 1. The zero-order valence-corrected chi connectivity index (χ0v) is 12.7. The summed E-state index contributed by atoms with van der Waals surface area (Å²) in [6, 6.07) is 5.50. The highest BCUT2D eigenvalue weighted by atomic mass is 16.1. The summed E-state index contributed by atoms with van der Waals surface area (Å²) in [5, 5.41) is 14.7. The largest absolute Gasteiger partial charge is 0.366 e. The molecule has 2 N–H and O–H groups in total. The van der Waals surface area contributed by atoms with Crippen molar-refractivity contribution in [1.82, 2.24) is 9.78 Å². The SMILES string of the molecule is Cc1nn(CC2CCB(C#N)CC2)c2cc(C(N)=O)ccc12. The van der Waals surface area contributed by atoms with Gasteiger partial charge in [-0.2, -0.15) is 5.10 Å². The van der Waals surface area contributed by atoms with Gasteiger partial charge in [0.2, 0.25) is 5.91 Å². The fraction of sp³-hybridized carbons (Fsp3) is 0.438. The Morgan fingerprint density at radius 2 is 2.23 bits per heavy atom. The first-order valence-electron chi connectivity index (χ1n) is 7.75. The minimum absolute atomic E-state index is 0.216. The molecule has 6 heteroatoms.